The summed E-state index contributed by atoms with van der Waals surface area (Å²) in [4.78, 5) is 28.9. The van der Waals surface area contributed by atoms with E-state index in [9.17, 15) is 9.59 Å². The van der Waals surface area contributed by atoms with E-state index < -0.39 is 5.91 Å². The fraction of sp³-hybridized carbons (Fsp3) is 0.600. The first kappa shape index (κ1) is 17.5. The van der Waals surface area contributed by atoms with Crippen molar-refractivity contribution in [1.82, 2.24) is 9.80 Å². The average molecular weight is 357 g/mol. The first-order valence-electron chi connectivity index (χ1n) is 9.54. The molecule has 0 radical (unpaired) electrons. The summed E-state index contributed by atoms with van der Waals surface area (Å²) in [7, 11) is 1.78. The second-order valence-electron chi connectivity index (χ2n) is 7.87. The average Bonchev–Trinajstić information content (AvgIpc) is 2.92. The maximum atomic E-state index is 12.8. The van der Waals surface area contributed by atoms with E-state index in [0.29, 0.717) is 29.6 Å². The van der Waals surface area contributed by atoms with E-state index in [0.717, 1.165) is 25.3 Å². The normalized spacial score (nSPS) is 26.7. The fourth-order valence-electron chi connectivity index (χ4n) is 4.78. The summed E-state index contributed by atoms with van der Waals surface area (Å²) in [5.41, 5.74) is 7.23. The molecule has 1 saturated carbocycles. The van der Waals surface area contributed by atoms with Gasteiger partial charge in [-0.3, -0.25) is 14.5 Å². The van der Waals surface area contributed by atoms with Crippen molar-refractivity contribution in [2.45, 2.75) is 44.3 Å². The van der Waals surface area contributed by atoms with Crippen LogP contribution in [0.15, 0.2) is 18.2 Å². The summed E-state index contributed by atoms with van der Waals surface area (Å²) in [6.07, 6.45) is 4.91. The van der Waals surface area contributed by atoms with Gasteiger partial charge in [0, 0.05) is 39.4 Å². The molecule has 1 aromatic rings. The van der Waals surface area contributed by atoms with Gasteiger partial charge >= 0.3 is 0 Å². The monoisotopic (exact) mass is 357 g/mol. The van der Waals surface area contributed by atoms with Crippen LogP contribution in [0.25, 0.3) is 0 Å². The highest BCUT2D eigenvalue weighted by molar-refractivity contribution is 6.09. The number of carbonyl (C=O) groups is 2. The Labute approximate surface area is 154 Å². The zero-order chi connectivity index (χ0) is 18.3. The SMILES string of the molecule is COC[C@H]1CC[C@H](N2CC(N3Cc4cccc(C(N)=O)c4C3=O)C2)CC1. The van der Waals surface area contributed by atoms with Crippen LogP contribution in [0.1, 0.15) is 52.0 Å². The van der Waals surface area contributed by atoms with Crippen LogP contribution in [0, 0.1) is 5.92 Å². The van der Waals surface area contributed by atoms with Crippen molar-refractivity contribution in [3.05, 3.63) is 34.9 Å². The largest absolute Gasteiger partial charge is 0.384 e. The summed E-state index contributed by atoms with van der Waals surface area (Å²) in [6, 6.07) is 6.26. The van der Waals surface area contributed by atoms with Gasteiger partial charge in [0.1, 0.15) is 0 Å². The zero-order valence-electron chi connectivity index (χ0n) is 15.3. The Morgan fingerprint density at radius 2 is 1.92 bits per heavy atom. The van der Waals surface area contributed by atoms with Gasteiger partial charge in [-0.05, 0) is 43.2 Å². The molecule has 0 unspecified atom stereocenters. The molecule has 4 rings (SSSR count). The first-order valence-corrected chi connectivity index (χ1v) is 9.54. The highest BCUT2D eigenvalue weighted by Crippen LogP contribution is 2.34. The van der Waals surface area contributed by atoms with Gasteiger partial charge in [0.15, 0.2) is 0 Å². The van der Waals surface area contributed by atoms with Gasteiger partial charge in [-0.25, -0.2) is 0 Å². The number of amides is 2. The molecule has 2 amide bonds. The van der Waals surface area contributed by atoms with Crippen molar-refractivity contribution >= 4 is 11.8 Å². The summed E-state index contributed by atoms with van der Waals surface area (Å²) >= 11 is 0. The molecule has 1 aromatic carbocycles. The number of rotatable bonds is 5. The summed E-state index contributed by atoms with van der Waals surface area (Å²) in [5, 5.41) is 0. The van der Waals surface area contributed by atoms with Crippen molar-refractivity contribution in [1.29, 1.82) is 0 Å². The van der Waals surface area contributed by atoms with E-state index in [2.05, 4.69) is 4.90 Å². The van der Waals surface area contributed by atoms with Crippen LogP contribution >= 0.6 is 0 Å². The lowest BCUT2D eigenvalue weighted by atomic mass is 9.84. The summed E-state index contributed by atoms with van der Waals surface area (Å²) < 4.78 is 5.28. The Morgan fingerprint density at radius 1 is 1.19 bits per heavy atom. The number of primary amides is 1. The van der Waals surface area contributed by atoms with Gasteiger partial charge in [0.05, 0.1) is 17.2 Å². The number of benzene rings is 1. The van der Waals surface area contributed by atoms with Crippen molar-refractivity contribution in [2.24, 2.45) is 11.7 Å². The number of nitrogens with two attached hydrogens (primary N) is 1. The molecule has 6 nitrogen and oxygen atoms in total. The molecule has 0 spiro atoms. The number of likely N-dealkylation sites (tertiary alicyclic amines) is 1. The van der Waals surface area contributed by atoms with Gasteiger partial charge in [0.2, 0.25) is 5.91 Å². The molecule has 6 heteroatoms. The quantitative estimate of drug-likeness (QED) is 0.869. The van der Waals surface area contributed by atoms with Crippen LogP contribution < -0.4 is 5.73 Å². The molecule has 3 aliphatic rings. The minimum absolute atomic E-state index is 0.0390. The molecule has 26 heavy (non-hydrogen) atoms. The van der Waals surface area contributed by atoms with Crippen molar-refractivity contribution in [3.8, 4) is 0 Å². The Balaban J connectivity index is 1.35. The van der Waals surface area contributed by atoms with E-state index in [1.807, 2.05) is 11.0 Å². The second-order valence-corrected chi connectivity index (χ2v) is 7.87. The molecule has 1 aliphatic carbocycles. The van der Waals surface area contributed by atoms with Gasteiger partial charge < -0.3 is 15.4 Å². The summed E-state index contributed by atoms with van der Waals surface area (Å²) in [6.45, 7) is 3.34. The predicted molar refractivity (Wildman–Crippen MR) is 97.8 cm³/mol. The highest BCUT2D eigenvalue weighted by Gasteiger charge is 2.42. The van der Waals surface area contributed by atoms with Gasteiger partial charge in [0.25, 0.3) is 5.91 Å². The van der Waals surface area contributed by atoms with Crippen LogP contribution in [0.4, 0.5) is 0 Å². The molecule has 0 bridgehead atoms. The lowest BCUT2D eigenvalue weighted by Crippen LogP contribution is -2.62. The molecular formula is C20H27N3O3. The second kappa shape index (κ2) is 7.00. The Morgan fingerprint density at radius 3 is 2.58 bits per heavy atom. The topological polar surface area (TPSA) is 75.9 Å². The number of carbonyl (C=O) groups excluding carboxylic acids is 2. The number of ether oxygens (including phenoxy) is 1. The summed E-state index contributed by atoms with van der Waals surface area (Å²) in [5.74, 6) is 0.137. The van der Waals surface area contributed by atoms with Crippen LogP contribution in [0.2, 0.25) is 0 Å². The Bertz CT molecular complexity index is 706. The number of hydrogen-bond donors (Lipinski definition) is 1. The number of hydrogen-bond acceptors (Lipinski definition) is 4. The van der Waals surface area contributed by atoms with Gasteiger partial charge in [-0.2, -0.15) is 0 Å². The maximum Gasteiger partial charge on any atom is 0.255 e. The van der Waals surface area contributed by atoms with Gasteiger partial charge in [-0.15, -0.1) is 0 Å². The van der Waals surface area contributed by atoms with Crippen molar-refractivity contribution < 1.29 is 14.3 Å². The predicted octanol–water partition coefficient (Wildman–Crippen LogP) is 1.63. The Hall–Kier alpha value is -1.92. The van der Waals surface area contributed by atoms with E-state index >= 15 is 0 Å². The Kier molecular flexibility index (Phi) is 4.71. The highest BCUT2D eigenvalue weighted by atomic mass is 16.5. The number of nitrogens with zero attached hydrogens (tertiary/aromatic N) is 2. The van der Waals surface area contributed by atoms with Crippen LogP contribution in [-0.2, 0) is 11.3 Å². The van der Waals surface area contributed by atoms with Crippen LogP contribution in [-0.4, -0.2) is 60.5 Å². The third kappa shape index (κ3) is 3.01. The lowest BCUT2D eigenvalue weighted by Gasteiger charge is -2.49. The fourth-order valence-corrected chi connectivity index (χ4v) is 4.78. The van der Waals surface area contributed by atoms with Crippen LogP contribution in [0.3, 0.4) is 0 Å². The third-order valence-corrected chi connectivity index (χ3v) is 6.30. The molecule has 2 aliphatic heterocycles. The first-order chi connectivity index (χ1) is 12.6. The van der Waals surface area contributed by atoms with E-state index in [1.165, 1.54) is 25.7 Å². The van der Waals surface area contributed by atoms with Gasteiger partial charge in [-0.1, -0.05) is 12.1 Å². The number of fused-ring (bicyclic) bond motifs is 1. The smallest absolute Gasteiger partial charge is 0.255 e. The standard InChI is InChI=1S/C20H27N3O3/c1-26-12-13-5-7-15(8-6-13)22-10-16(11-22)23-9-14-3-2-4-17(19(21)24)18(14)20(23)25/h2-4,13,15-16H,5-12H2,1H3,(H2,21,24)/t13-,15-. The minimum atomic E-state index is -0.528. The van der Waals surface area contributed by atoms with Crippen molar-refractivity contribution in [2.75, 3.05) is 26.8 Å². The molecule has 2 N–H and O–H groups in total. The number of methoxy groups -OCH3 is 1. The molecular weight excluding hydrogens is 330 g/mol. The molecule has 140 valence electrons. The molecule has 0 aromatic heterocycles. The third-order valence-electron chi connectivity index (χ3n) is 6.30. The van der Waals surface area contributed by atoms with Crippen LogP contribution in [0.5, 0.6) is 0 Å². The molecule has 0 atom stereocenters. The van der Waals surface area contributed by atoms with E-state index in [4.69, 9.17) is 10.5 Å². The molecule has 2 fully saturated rings. The van der Waals surface area contributed by atoms with Crippen molar-refractivity contribution in [3.63, 3.8) is 0 Å². The maximum absolute atomic E-state index is 12.8. The lowest BCUT2D eigenvalue weighted by molar-refractivity contribution is -0.00842. The van der Waals surface area contributed by atoms with E-state index in [-0.39, 0.29) is 11.9 Å². The van der Waals surface area contributed by atoms with E-state index in [1.54, 1.807) is 19.2 Å². The minimum Gasteiger partial charge on any atom is -0.384 e. The zero-order valence-corrected chi connectivity index (χ0v) is 15.3. The molecule has 1 saturated heterocycles. The molecule has 2 heterocycles.